The Morgan fingerprint density at radius 1 is 0.579 bits per heavy atom. The number of aromatic hydroxyl groups is 2. The molecular formula is C30H22N4O4. The Bertz CT molecular complexity index is 1620. The summed E-state index contributed by atoms with van der Waals surface area (Å²) in [5.41, 5.74) is 6.23. The Morgan fingerprint density at radius 3 is 1.50 bits per heavy atom. The number of fused-ring (bicyclic) bond motifs is 2. The molecule has 0 unspecified atom stereocenters. The van der Waals surface area contributed by atoms with E-state index in [9.17, 15) is 19.8 Å². The van der Waals surface area contributed by atoms with Crippen molar-refractivity contribution >= 4 is 45.8 Å². The standard InChI is InChI=1S/C30H22N4O4/c35-27-14-12-19-6-1-3-10-23(19)25(27)17-31-33-29(37)21-8-5-9-22(16-21)30(38)34-32-18-26-24-11-4-2-7-20(24)13-15-28(26)36/h1-18,35-36H,(H,33,37)(H,34,38)/b31-17+,32-18+. The first kappa shape index (κ1) is 24.2. The molecule has 0 atom stereocenters. The Balaban J connectivity index is 1.27. The second-order valence-electron chi connectivity index (χ2n) is 8.42. The van der Waals surface area contributed by atoms with Crippen molar-refractivity contribution in [1.82, 2.24) is 10.9 Å². The highest BCUT2D eigenvalue weighted by Gasteiger charge is 2.11. The second-order valence-corrected chi connectivity index (χ2v) is 8.42. The number of carbonyl (C=O) groups is 2. The summed E-state index contributed by atoms with van der Waals surface area (Å²) >= 11 is 0. The number of phenolic OH excluding ortho intramolecular Hbond substituents is 2. The van der Waals surface area contributed by atoms with Gasteiger partial charge in [0.1, 0.15) is 11.5 Å². The maximum atomic E-state index is 12.6. The molecule has 8 heteroatoms. The van der Waals surface area contributed by atoms with Gasteiger partial charge in [0.25, 0.3) is 11.8 Å². The predicted octanol–water partition coefficient (Wildman–Crippen LogP) is 4.93. The van der Waals surface area contributed by atoms with Crippen LogP contribution in [0.25, 0.3) is 21.5 Å². The van der Waals surface area contributed by atoms with Crippen LogP contribution in [0.3, 0.4) is 0 Å². The summed E-state index contributed by atoms with van der Waals surface area (Å²) in [6.07, 6.45) is 2.76. The lowest BCUT2D eigenvalue weighted by atomic mass is 10.0. The molecule has 0 heterocycles. The Morgan fingerprint density at radius 2 is 1.03 bits per heavy atom. The molecule has 5 aromatic rings. The number of phenols is 2. The van der Waals surface area contributed by atoms with Crippen LogP contribution in [-0.2, 0) is 0 Å². The minimum Gasteiger partial charge on any atom is -0.507 e. The first-order valence-corrected chi connectivity index (χ1v) is 11.7. The van der Waals surface area contributed by atoms with Gasteiger partial charge in [0, 0.05) is 22.3 Å². The summed E-state index contributed by atoms with van der Waals surface area (Å²) in [6.45, 7) is 0. The van der Waals surface area contributed by atoms with Crippen molar-refractivity contribution in [2.75, 3.05) is 0 Å². The van der Waals surface area contributed by atoms with Crippen LogP contribution in [0.1, 0.15) is 31.8 Å². The number of amides is 2. The molecule has 0 fully saturated rings. The molecule has 0 aromatic heterocycles. The molecule has 0 saturated heterocycles. The number of hydrazone groups is 2. The molecule has 186 valence electrons. The largest absolute Gasteiger partial charge is 0.507 e. The number of hydrogen-bond donors (Lipinski definition) is 4. The molecule has 0 spiro atoms. The minimum absolute atomic E-state index is 0.0396. The number of nitrogens with zero attached hydrogens (tertiary/aromatic N) is 2. The highest BCUT2D eigenvalue weighted by molar-refractivity contribution is 6.05. The Kier molecular flexibility index (Phi) is 6.77. The van der Waals surface area contributed by atoms with E-state index in [-0.39, 0.29) is 22.6 Å². The van der Waals surface area contributed by atoms with Gasteiger partial charge in [0.05, 0.1) is 12.4 Å². The Hall–Kier alpha value is -5.50. The van der Waals surface area contributed by atoms with Gasteiger partial charge in [-0.05, 0) is 51.9 Å². The molecule has 0 aliphatic carbocycles. The van der Waals surface area contributed by atoms with Crippen molar-refractivity contribution < 1.29 is 19.8 Å². The third-order valence-corrected chi connectivity index (χ3v) is 6.00. The van der Waals surface area contributed by atoms with Crippen LogP contribution in [0.15, 0.2) is 107 Å². The fourth-order valence-electron chi connectivity index (χ4n) is 4.08. The summed E-state index contributed by atoms with van der Waals surface area (Å²) in [7, 11) is 0. The van der Waals surface area contributed by atoms with Crippen molar-refractivity contribution in [3.63, 3.8) is 0 Å². The quantitative estimate of drug-likeness (QED) is 0.194. The van der Waals surface area contributed by atoms with Crippen molar-refractivity contribution in [3.8, 4) is 11.5 Å². The number of rotatable bonds is 6. The molecule has 2 amide bonds. The van der Waals surface area contributed by atoms with Crippen LogP contribution in [-0.4, -0.2) is 34.5 Å². The van der Waals surface area contributed by atoms with Crippen molar-refractivity contribution in [3.05, 3.63) is 119 Å². The zero-order valence-electron chi connectivity index (χ0n) is 20.0. The molecule has 0 aliphatic heterocycles. The second kappa shape index (κ2) is 10.6. The van der Waals surface area contributed by atoms with Gasteiger partial charge in [-0.2, -0.15) is 10.2 Å². The lowest BCUT2D eigenvalue weighted by Gasteiger charge is -2.06. The smallest absolute Gasteiger partial charge is 0.271 e. The lowest BCUT2D eigenvalue weighted by Crippen LogP contribution is -2.21. The van der Waals surface area contributed by atoms with Crippen LogP contribution in [0.2, 0.25) is 0 Å². The van der Waals surface area contributed by atoms with E-state index in [2.05, 4.69) is 21.1 Å². The van der Waals surface area contributed by atoms with Gasteiger partial charge in [-0.15, -0.1) is 0 Å². The van der Waals surface area contributed by atoms with Crippen LogP contribution in [0, 0.1) is 0 Å². The van der Waals surface area contributed by atoms with Gasteiger partial charge in [-0.3, -0.25) is 9.59 Å². The van der Waals surface area contributed by atoms with E-state index >= 15 is 0 Å². The molecule has 0 bridgehead atoms. The number of nitrogens with one attached hydrogen (secondary N) is 2. The lowest BCUT2D eigenvalue weighted by molar-refractivity contribution is 0.0954. The summed E-state index contributed by atoms with van der Waals surface area (Å²) in [5.74, 6) is -0.977. The molecule has 4 N–H and O–H groups in total. The molecular weight excluding hydrogens is 480 g/mol. The van der Waals surface area contributed by atoms with Crippen molar-refractivity contribution in [1.29, 1.82) is 0 Å². The third-order valence-electron chi connectivity index (χ3n) is 6.00. The zero-order valence-corrected chi connectivity index (χ0v) is 20.0. The molecule has 38 heavy (non-hydrogen) atoms. The van der Waals surface area contributed by atoms with E-state index in [1.807, 2.05) is 48.5 Å². The fraction of sp³-hybridized carbons (Fsp3) is 0. The van der Waals surface area contributed by atoms with Crippen LogP contribution < -0.4 is 10.9 Å². The predicted molar refractivity (Wildman–Crippen MR) is 148 cm³/mol. The minimum atomic E-state index is -0.528. The summed E-state index contributed by atoms with van der Waals surface area (Å²) in [5, 5.41) is 31.9. The highest BCUT2D eigenvalue weighted by atomic mass is 16.3. The van der Waals surface area contributed by atoms with Gasteiger partial charge < -0.3 is 10.2 Å². The third kappa shape index (κ3) is 5.05. The van der Waals surface area contributed by atoms with Crippen molar-refractivity contribution in [2.45, 2.75) is 0 Å². The van der Waals surface area contributed by atoms with E-state index in [1.54, 1.807) is 42.5 Å². The average Bonchev–Trinajstić information content (AvgIpc) is 2.95. The summed E-state index contributed by atoms with van der Waals surface area (Å²) in [4.78, 5) is 25.3. The normalized spacial score (nSPS) is 11.4. The van der Waals surface area contributed by atoms with E-state index in [4.69, 9.17) is 0 Å². The molecule has 0 radical (unpaired) electrons. The first-order valence-electron chi connectivity index (χ1n) is 11.7. The van der Waals surface area contributed by atoms with Crippen LogP contribution in [0.4, 0.5) is 0 Å². The topological polar surface area (TPSA) is 123 Å². The molecule has 0 aliphatic rings. The van der Waals surface area contributed by atoms with Gasteiger partial charge in [0.15, 0.2) is 0 Å². The van der Waals surface area contributed by atoms with Gasteiger partial charge >= 0.3 is 0 Å². The van der Waals surface area contributed by atoms with E-state index < -0.39 is 11.8 Å². The first-order chi connectivity index (χ1) is 18.5. The number of carbonyl (C=O) groups excluding carboxylic acids is 2. The van der Waals surface area contributed by atoms with E-state index in [0.717, 1.165) is 21.5 Å². The zero-order chi connectivity index (χ0) is 26.5. The van der Waals surface area contributed by atoms with Crippen molar-refractivity contribution in [2.24, 2.45) is 10.2 Å². The molecule has 0 saturated carbocycles. The van der Waals surface area contributed by atoms with Crippen LogP contribution >= 0.6 is 0 Å². The maximum absolute atomic E-state index is 12.6. The Labute approximate surface area is 217 Å². The highest BCUT2D eigenvalue weighted by Crippen LogP contribution is 2.26. The number of benzene rings is 5. The van der Waals surface area contributed by atoms with E-state index in [0.29, 0.717) is 11.1 Å². The van der Waals surface area contributed by atoms with Gasteiger partial charge in [-0.25, -0.2) is 10.9 Å². The monoisotopic (exact) mass is 502 g/mol. The molecule has 5 rings (SSSR count). The van der Waals surface area contributed by atoms with Gasteiger partial charge in [0.2, 0.25) is 0 Å². The molecule has 5 aromatic carbocycles. The maximum Gasteiger partial charge on any atom is 0.271 e. The van der Waals surface area contributed by atoms with E-state index in [1.165, 1.54) is 18.5 Å². The van der Waals surface area contributed by atoms with Crippen LogP contribution in [0.5, 0.6) is 11.5 Å². The summed E-state index contributed by atoms with van der Waals surface area (Å²) < 4.78 is 0. The summed E-state index contributed by atoms with van der Waals surface area (Å²) in [6, 6.07) is 27.8. The fourth-order valence-corrected chi connectivity index (χ4v) is 4.08. The SMILES string of the molecule is O=C(N/N=C/c1c(O)ccc2ccccc12)c1cccc(C(=O)N/N=C/c2c(O)ccc3ccccc23)c1. The number of hydrogen-bond acceptors (Lipinski definition) is 6. The van der Waals surface area contributed by atoms with Gasteiger partial charge in [-0.1, -0.05) is 66.7 Å². The molecule has 8 nitrogen and oxygen atoms in total. The average molecular weight is 503 g/mol.